The normalized spacial score (nSPS) is 18.5. The van der Waals surface area contributed by atoms with Crippen molar-refractivity contribution in [3.05, 3.63) is 15.6 Å². The average Bonchev–Trinajstić information content (AvgIpc) is 2.78. The van der Waals surface area contributed by atoms with Gasteiger partial charge in [0.1, 0.15) is 10.7 Å². The number of aryl methyl sites for hydroxylation is 1. The number of terminal acetylenes is 1. The maximum absolute atomic E-state index is 5.49. The van der Waals surface area contributed by atoms with Gasteiger partial charge in [-0.1, -0.05) is 13.3 Å². The fourth-order valence-electron chi connectivity index (χ4n) is 2.42. The van der Waals surface area contributed by atoms with E-state index in [0.717, 1.165) is 38.3 Å². The second-order valence-corrected chi connectivity index (χ2v) is 5.93. The van der Waals surface area contributed by atoms with Crippen LogP contribution in [-0.4, -0.2) is 36.1 Å². The van der Waals surface area contributed by atoms with Gasteiger partial charge in [-0.2, -0.15) is 0 Å². The van der Waals surface area contributed by atoms with Gasteiger partial charge in [0.2, 0.25) is 0 Å². The summed E-state index contributed by atoms with van der Waals surface area (Å²) in [6, 6.07) is 0.447. The highest BCUT2D eigenvalue weighted by molar-refractivity contribution is 7.11. The van der Waals surface area contributed by atoms with Crippen molar-refractivity contribution in [1.29, 1.82) is 0 Å². The number of hydrogen-bond donors (Lipinski definition) is 1. The highest BCUT2D eigenvalue weighted by Gasteiger charge is 2.24. The summed E-state index contributed by atoms with van der Waals surface area (Å²) in [5.41, 5.74) is 0.825. The van der Waals surface area contributed by atoms with Crippen LogP contribution in [0.2, 0.25) is 0 Å². The third kappa shape index (κ3) is 2.92. The first-order valence-electron chi connectivity index (χ1n) is 6.65. The number of rotatable bonds is 4. The lowest BCUT2D eigenvalue weighted by Gasteiger charge is -2.33. The maximum Gasteiger partial charge on any atom is 0.127 e. The van der Waals surface area contributed by atoms with E-state index >= 15 is 0 Å². The fraction of sp³-hybridized carbons (Fsp3) is 0.643. The Morgan fingerprint density at radius 1 is 1.50 bits per heavy atom. The summed E-state index contributed by atoms with van der Waals surface area (Å²) in [6.45, 7) is 8.66. The van der Waals surface area contributed by atoms with Crippen LogP contribution in [0.1, 0.15) is 41.4 Å². The van der Waals surface area contributed by atoms with E-state index in [1.807, 2.05) is 0 Å². The van der Waals surface area contributed by atoms with Crippen LogP contribution < -0.4 is 5.32 Å². The summed E-state index contributed by atoms with van der Waals surface area (Å²) >= 11 is 1.76. The molecule has 1 aliphatic rings. The predicted molar refractivity (Wildman–Crippen MR) is 76.9 cm³/mol. The summed E-state index contributed by atoms with van der Waals surface area (Å²) in [5, 5.41) is 4.60. The van der Waals surface area contributed by atoms with E-state index in [0.29, 0.717) is 6.04 Å². The number of thiazole rings is 1. The Bertz CT molecular complexity index is 427. The maximum atomic E-state index is 5.49. The first-order valence-corrected chi connectivity index (χ1v) is 7.46. The second kappa shape index (κ2) is 6.33. The molecule has 4 heteroatoms. The lowest BCUT2D eigenvalue weighted by atomic mass is 10.1. The molecule has 3 nitrogen and oxygen atoms in total. The van der Waals surface area contributed by atoms with E-state index < -0.39 is 0 Å². The molecule has 1 atom stereocenters. The molecule has 0 aliphatic carbocycles. The minimum atomic E-state index is 0.447. The van der Waals surface area contributed by atoms with Gasteiger partial charge in [-0.3, -0.25) is 4.90 Å². The van der Waals surface area contributed by atoms with Crippen molar-refractivity contribution in [2.24, 2.45) is 0 Å². The average molecular weight is 263 g/mol. The van der Waals surface area contributed by atoms with Crippen molar-refractivity contribution >= 4 is 11.3 Å². The molecule has 0 radical (unpaired) electrons. The highest BCUT2D eigenvalue weighted by atomic mass is 32.1. The zero-order chi connectivity index (χ0) is 13.0. The Morgan fingerprint density at radius 3 is 2.78 bits per heavy atom. The smallest absolute Gasteiger partial charge is 0.127 e. The van der Waals surface area contributed by atoms with E-state index in [2.05, 4.69) is 35.0 Å². The molecule has 0 bridgehead atoms. The van der Waals surface area contributed by atoms with Gasteiger partial charge in [0.25, 0.3) is 0 Å². The van der Waals surface area contributed by atoms with E-state index in [9.17, 15) is 0 Å². The third-order valence-corrected chi connectivity index (χ3v) is 4.46. The molecule has 18 heavy (non-hydrogen) atoms. The summed E-state index contributed by atoms with van der Waals surface area (Å²) < 4.78 is 0. The van der Waals surface area contributed by atoms with Gasteiger partial charge in [0.15, 0.2) is 0 Å². The summed E-state index contributed by atoms with van der Waals surface area (Å²) in [5.74, 6) is 2.68. The Kier molecular flexibility index (Phi) is 4.76. The summed E-state index contributed by atoms with van der Waals surface area (Å²) in [6.07, 6.45) is 7.83. The van der Waals surface area contributed by atoms with Gasteiger partial charge < -0.3 is 5.32 Å². The van der Waals surface area contributed by atoms with Crippen LogP contribution in [0, 0.1) is 19.3 Å². The Balaban J connectivity index is 2.20. The molecule has 0 spiro atoms. The van der Waals surface area contributed by atoms with Crippen molar-refractivity contribution in [3.63, 3.8) is 0 Å². The molecule has 1 aromatic heterocycles. The Labute approximate surface area is 114 Å². The van der Waals surface area contributed by atoms with Crippen LogP contribution in [0.3, 0.4) is 0 Å². The van der Waals surface area contributed by atoms with Crippen molar-refractivity contribution in [2.45, 2.75) is 32.7 Å². The third-order valence-electron chi connectivity index (χ3n) is 3.39. The second-order valence-electron chi connectivity index (χ2n) is 4.69. The van der Waals surface area contributed by atoms with Crippen LogP contribution in [-0.2, 0) is 0 Å². The van der Waals surface area contributed by atoms with Gasteiger partial charge in [0, 0.05) is 31.1 Å². The molecule has 1 unspecified atom stereocenters. The van der Waals surface area contributed by atoms with Crippen molar-refractivity contribution in [3.8, 4) is 12.3 Å². The van der Waals surface area contributed by atoms with Crippen molar-refractivity contribution < 1.29 is 0 Å². The van der Waals surface area contributed by atoms with E-state index in [4.69, 9.17) is 6.42 Å². The molecule has 0 saturated carbocycles. The molecule has 1 fully saturated rings. The number of aromatic nitrogens is 1. The molecule has 0 amide bonds. The van der Waals surface area contributed by atoms with Gasteiger partial charge in [0.05, 0.1) is 6.04 Å². The lowest BCUT2D eigenvalue weighted by molar-refractivity contribution is 0.164. The molecule has 1 saturated heterocycles. The van der Waals surface area contributed by atoms with Crippen LogP contribution in [0.15, 0.2) is 0 Å². The van der Waals surface area contributed by atoms with Gasteiger partial charge in [-0.25, -0.2) is 4.98 Å². The quantitative estimate of drug-likeness (QED) is 0.844. The molecule has 1 aliphatic heterocycles. The minimum absolute atomic E-state index is 0.447. The van der Waals surface area contributed by atoms with Crippen LogP contribution in [0.25, 0.3) is 0 Å². The van der Waals surface area contributed by atoms with Crippen LogP contribution in [0.4, 0.5) is 0 Å². The SMILES string of the molecule is C#Cc1nc(C(CCC)N2CCNCC2)sc1C. The fourth-order valence-corrected chi connectivity index (χ4v) is 3.48. The Hall–Kier alpha value is -0.890. The zero-order valence-corrected chi connectivity index (χ0v) is 12.0. The van der Waals surface area contributed by atoms with E-state index in [1.54, 1.807) is 11.3 Å². The molecular weight excluding hydrogens is 242 g/mol. The molecule has 98 valence electrons. The predicted octanol–water partition coefficient (Wildman–Crippen LogP) is 2.18. The summed E-state index contributed by atoms with van der Waals surface area (Å²) in [7, 11) is 0. The first kappa shape index (κ1) is 13.5. The number of nitrogens with one attached hydrogen (secondary N) is 1. The molecule has 2 heterocycles. The molecule has 1 aromatic rings. The van der Waals surface area contributed by atoms with Gasteiger partial charge in [-0.15, -0.1) is 17.8 Å². The number of hydrogen-bond acceptors (Lipinski definition) is 4. The summed E-state index contributed by atoms with van der Waals surface area (Å²) in [4.78, 5) is 8.35. The van der Waals surface area contributed by atoms with E-state index in [-0.39, 0.29) is 0 Å². The molecule has 1 N–H and O–H groups in total. The zero-order valence-electron chi connectivity index (χ0n) is 11.2. The molecular formula is C14H21N3S. The number of nitrogens with zero attached hydrogens (tertiary/aromatic N) is 2. The molecule has 0 aromatic carbocycles. The largest absolute Gasteiger partial charge is 0.314 e. The van der Waals surface area contributed by atoms with E-state index in [1.165, 1.54) is 16.3 Å². The van der Waals surface area contributed by atoms with Crippen molar-refractivity contribution in [1.82, 2.24) is 15.2 Å². The Morgan fingerprint density at radius 2 is 2.22 bits per heavy atom. The van der Waals surface area contributed by atoms with Crippen LogP contribution in [0.5, 0.6) is 0 Å². The number of piperazine rings is 1. The highest BCUT2D eigenvalue weighted by Crippen LogP contribution is 2.30. The first-order chi connectivity index (χ1) is 8.76. The molecule has 2 rings (SSSR count). The monoisotopic (exact) mass is 263 g/mol. The van der Waals surface area contributed by atoms with Crippen LogP contribution >= 0.6 is 11.3 Å². The standard InChI is InChI=1S/C14H21N3S/c1-4-6-13(17-9-7-15-8-10-17)14-16-12(5-2)11(3)18-14/h2,13,15H,4,6-10H2,1,3H3. The van der Waals surface area contributed by atoms with Gasteiger partial charge in [-0.05, 0) is 19.3 Å². The topological polar surface area (TPSA) is 28.2 Å². The van der Waals surface area contributed by atoms with Crippen molar-refractivity contribution in [2.75, 3.05) is 26.2 Å². The van der Waals surface area contributed by atoms with Gasteiger partial charge >= 0.3 is 0 Å². The minimum Gasteiger partial charge on any atom is -0.314 e. The lowest BCUT2D eigenvalue weighted by Crippen LogP contribution is -2.45.